The first-order valence-electron chi connectivity index (χ1n) is 8.69. The molecule has 0 bridgehead atoms. The van der Waals surface area contributed by atoms with Crippen molar-refractivity contribution in [2.24, 2.45) is 5.92 Å². The second-order valence-corrected chi connectivity index (χ2v) is 7.81. The molecule has 4 heteroatoms. The number of aromatic nitrogens is 1. The quantitative estimate of drug-likeness (QED) is 0.820. The molecule has 0 atom stereocenters. The van der Waals surface area contributed by atoms with Crippen molar-refractivity contribution in [2.75, 3.05) is 25.0 Å². The van der Waals surface area contributed by atoms with E-state index in [4.69, 9.17) is 4.98 Å². The summed E-state index contributed by atoms with van der Waals surface area (Å²) in [5.74, 6) is 1.64. The standard InChI is InChI=1S/C17H29N3S/c1-3-18-11-15-16(14-9-10-14)19-17(21-15)20(2)12-13-7-5-4-6-8-13/h13-14,18H,3-12H2,1-2H3. The van der Waals surface area contributed by atoms with Crippen molar-refractivity contribution < 1.29 is 0 Å². The van der Waals surface area contributed by atoms with Crippen molar-refractivity contribution in [3.05, 3.63) is 10.6 Å². The summed E-state index contributed by atoms with van der Waals surface area (Å²) in [7, 11) is 2.24. The van der Waals surface area contributed by atoms with Crippen molar-refractivity contribution in [3.63, 3.8) is 0 Å². The Labute approximate surface area is 133 Å². The van der Waals surface area contributed by atoms with Crippen LogP contribution in [0.3, 0.4) is 0 Å². The molecule has 2 fully saturated rings. The third-order valence-corrected chi connectivity index (χ3v) is 5.98. The Bertz CT molecular complexity index is 447. The molecule has 0 saturated heterocycles. The molecule has 2 saturated carbocycles. The minimum Gasteiger partial charge on any atom is -0.351 e. The van der Waals surface area contributed by atoms with Gasteiger partial charge in [0.1, 0.15) is 0 Å². The van der Waals surface area contributed by atoms with Crippen LogP contribution < -0.4 is 10.2 Å². The summed E-state index contributed by atoms with van der Waals surface area (Å²) in [6, 6.07) is 0. The second kappa shape index (κ2) is 7.10. The van der Waals surface area contributed by atoms with E-state index in [1.165, 1.54) is 67.2 Å². The van der Waals surface area contributed by atoms with E-state index in [0.29, 0.717) is 0 Å². The van der Waals surface area contributed by atoms with Crippen LogP contribution in [-0.2, 0) is 6.54 Å². The fourth-order valence-electron chi connectivity index (χ4n) is 3.39. The van der Waals surface area contributed by atoms with E-state index in [-0.39, 0.29) is 0 Å². The van der Waals surface area contributed by atoms with Crippen molar-refractivity contribution in [2.45, 2.75) is 64.3 Å². The van der Waals surface area contributed by atoms with Gasteiger partial charge >= 0.3 is 0 Å². The Morgan fingerprint density at radius 3 is 2.62 bits per heavy atom. The number of thiazole rings is 1. The second-order valence-electron chi connectivity index (χ2n) is 6.74. The maximum absolute atomic E-state index is 4.99. The lowest BCUT2D eigenvalue weighted by molar-refractivity contribution is 0.362. The van der Waals surface area contributed by atoms with Crippen molar-refractivity contribution in [1.82, 2.24) is 10.3 Å². The molecule has 0 amide bonds. The summed E-state index contributed by atoms with van der Waals surface area (Å²) in [5.41, 5.74) is 1.39. The SMILES string of the molecule is CCNCc1sc(N(C)CC2CCCCC2)nc1C1CC1. The molecular formula is C17H29N3S. The van der Waals surface area contributed by atoms with Crippen LogP contribution in [0.15, 0.2) is 0 Å². The van der Waals surface area contributed by atoms with Gasteiger partial charge in [-0.3, -0.25) is 0 Å². The number of anilines is 1. The van der Waals surface area contributed by atoms with Crippen LogP contribution in [0.25, 0.3) is 0 Å². The zero-order chi connectivity index (χ0) is 14.7. The minimum absolute atomic E-state index is 0.756. The van der Waals surface area contributed by atoms with Gasteiger partial charge in [0.15, 0.2) is 5.13 Å². The number of nitrogens with one attached hydrogen (secondary N) is 1. The van der Waals surface area contributed by atoms with Gasteiger partial charge in [0.25, 0.3) is 0 Å². The van der Waals surface area contributed by atoms with Crippen molar-refractivity contribution in [1.29, 1.82) is 0 Å². The molecule has 1 aromatic rings. The van der Waals surface area contributed by atoms with Gasteiger partial charge in [-0.2, -0.15) is 0 Å². The monoisotopic (exact) mass is 307 g/mol. The fourth-order valence-corrected chi connectivity index (χ4v) is 4.48. The normalized spacial score (nSPS) is 19.9. The largest absolute Gasteiger partial charge is 0.351 e. The first-order chi connectivity index (χ1) is 10.3. The Morgan fingerprint density at radius 2 is 1.95 bits per heavy atom. The Kier molecular flexibility index (Phi) is 5.17. The van der Waals surface area contributed by atoms with Crippen molar-refractivity contribution in [3.8, 4) is 0 Å². The summed E-state index contributed by atoms with van der Waals surface area (Å²) < 4.78 is 0. The first kappa shape index (κ1) is 15.3. The molecule has 0 aromatic carbocycles. The molecule has 2 aliphatic rings. The lowest BCUT2D eigenvalue weighted by Crippen LogP contribution is -2.26. The predicted molar refractivity (Wildman–Crippen MR) is 91.3 cm³/mol. The van der Waals surface area contributed by atoms with E-state index < -0.39 is 0 Å². The molecule has 0 spiro atoms. The summed E-state index contributed by atoms with van der Waals surface area (Å²) in [6.45, 7) is 5.40. The molecule has 1 heterocycles. The van der Waals surface area contributed by atoms with E-state index in [1.54, 1.807) is 0 Å². The summed E-state index contributed by atoms with van der Waals surface area (Å²) in [6.07, 6.45) is 9.80. The third kappa shape index (κ3) is 3.98. The summed E-state index contributed by atoms with van der Waals surface area (Å²) in [5, 5.41) is 4.72. The number of hydrogen-bond acceptors (Lipinski definition) is 4. The lowest BCUT2D eigenvalue weighted by atomic mass is 9.89. The zero-order valence-electron chi connectivity index (χ0n) is 13.5. The van der Waals surface area contributed by atoms with Crippen LogP contribution in [0.1, 0.15) is 68.4 Å². The molecule has 0 aliphatic heterocycles. The topological polar surface area (TPSA) is 28.2 Å². The van der Waals surface area contributed by atoms with Crippen LogP contribution in [0.2, 0.25) is 0 Å². The van der Waals surface area contributed by atoms with Gasteiger partial charge in [-0.25, -0.2) is 4.98 Å². The van der Waals surface area contributed by atoms with Crippen LogP contribution in [0, 0.1) is 5.92 Å². The molecule has 1 aromatic heterocycles. The Balaban J connectivity index is 1.65. The van der Waals surface area contributed by atoms with E-state index in [0.717, 1.165) is 24.9 Å². The molecule has 118 valence electrons. The molecule has 3 nitrogen and oxygen atoms in total. The number of nitrogens with zero attached hydrogens (tertiary/aromatic N) is 2. The van der Waals surface area contributed by atoms with E-state index in [2.05, 4.69) is 24.2 Å². The van der Waals surface area contributed by atoms with E-state index in [9.17, 15) is 0 Å². The molecule has 1 N–H and O–H groups in total. The lowest BCUT2D eigenvalue weighted by Gasteiger charge is -2.26. The zero-order valence-corrected chi connectivity index (χ0v) is 14.3. The molecule has 0 radical (unpaired) electrons. The highest BCUT2D eigenvalue weighted by molar-refractivity contribution is 7.15. The van der Waals surface area contributed by atoms with Gasteiger partial charge in [0.05, 0.1) is 5.69 Å². The summed E-state index contributed by atoms with van der Waals surface area (Å²) in [4.78, 5) is 8.89. The molecular weight excluding hydrogens is 278 g/mol. The van der Waals surface area contributed by atoms with Gasteiger partial charge in [-0.05, 0) is 38.1 Å². The van der Waals surface area contributed by atoms with Gasteiger partial charge in [0.2, 0.25) is 0 Å². The van der Waals surface area contributed by atoms with Gasteiger partial charge < -0.3 is 10.2 Å². The van der Waals surface area contributed by atoms with Gasteiger partial charge in [0, 0.05) is 30.9 Å². The average molecular weight is 308 g/mol. The maximum atomic E-state index is 4.99. The Morgan fingerprint density at radius 1 is 1.19 bits per heavy atom. The highest BCUT2D eigenvalue weighted by atomic mass is 32.1. The van der Waals surface area contributed by atoms with Gasteiger partial charge in [-0.1, -0.05) is 26.2 Å². The van der Waals surface area contributed by atoms with E-state index >= 15 is 0 Å². The number of hydrogen-bond donors (Lipinski definition) is 1. The maximum Gasteiger partial charge on any atom is 0.185 e. The van der Waals surface area contributed by atoms with Crippen LogP contribution in [-0.4, -0.2) is 25.1 Å². The number of rotatable bonds is 7. The average Bonchev–Trinajstić information content (AvgIpc) is 3.26. The van der Waals surface area contributed by atoms with E-state index in [1.807, 2.05) is 11.3 Å². The first-order valence-corrected chi connectivity index (χ1v) is 9.51. The summed E-state index contributed by atoms with van der Waals surface area (Å²) >= 11 is 1.92. The third-order valence-electron chi connectivity index (χ3n) is 4.80. The van der Waals surface area contributed by atoms with Gasteiger partial charge in [-0.15, -0.1) is 11.3 Å². The van der Waals surface area contributed by atoms with Crippen LogP contribution >= 0.6 is 11.3 Å². The molecule has 0 unspecified atom stereocenters. The molecule has 3 rings (SSSR count). The fraction of sp³-hybridized carbons (Fsp3) is 0.824. The predicted octanol–water partition coefficient (Wildman–Crippen LogP) is 4.15. The highest BCUT2D eigenvalue weighted by Gasteiger charge is 2.30. The Hall–Kier alpha value is -0.610. The molecule has 21 heavy (non-hydrogen) atoms. The smallest absolute Gasteiger partial charge is 0.185 e. The van der Waals surface area contributed by atoms with Crippen LogP contribution in [0.5, 0.6) is 0 Å². The van der Waals surface area contributed by atoms with Crippen molar-refractivity contribution >= 4 is 16.5 Å². The highest BCUT2D eigenvalue weighted by Crippen LogP contribution is 2.44. The molecule has 2 aliphatic carbocycles. The van der Waals surface area contributed by atoms with Crippen LogP contribution in [0.4, 0.5) is 5.13 Å². The minimum atomic E-state index is 0.756.